The zero-order chi connectivity index (χ0) is 20.1. The van der Waals surface area contributed by atoms with Crippen molar-refractivity contribution in [1.82, 2.24) is 19.8 Å². The summed E-state index contributed by atoms with van der Waals surface area (Å²) in [5.41, 5.74) is -0.590. The lowest BCUT2D eigenvalue weighted by molar-refractivity contribution is -0.123. The summed E-state index contributed by atoms with van der Waals surface area (Å²) in [6.45, 7) is 9.87. The van der Waals surface area contributed by atoms with Crippen LogP contribution in [0.3, 0.4) is 0 Å². The first-order valence-corrected chi connectivity index (χ1v) is 11.8. The molecule has 1 aromatic rings. The highest BCUT2D eigenvalue weighted by molar-refractivity contribution is 7.91. The van der Waals surface area contributed by atoms with Crippen LogP contribution in [0.15, 0.2) is 4.34 Å². The second-order valence-corrected chi connectivity index (χ2v) is 10.8. The minimum absolute atomic E-state index is 0.129. The third-order valence-corrected chi connectivity index (χ3v) is 7.34. The van der Waals surface area contributed by atoms with Crippen LogP contribution in [-0.4, -0.2) is 55.1 Å². The van der Waals surface area contributed by atoms with Crippen LogP contribution in [0.1, 0.15) is 59.8 Å². The van der Waals surface area contributed by atoms with Crippen molar-refractivity contribution in [3.8, 4) is 0 Å². The number of carbonyl (C=O) groups excluding carboxylic acids is 1. The topological polar surface area (TPSA) is 104 Å². The molecule has 0 aliphatic carbocycles. The fraction of sp³-hybridized carbons (Fsp3) is 0.824. The van der Waals surface area contributed by atoms with Crippen LogP contribution in [0.5, 0.6) is 0 Å². The zero-order valence-electron chi connectivity index (χ0n) is 16.6. The number of rotatable bonds is 8. The lowest BCUT2D eigenvalue weighted by Crippen LogP contribution is -2.40. The number of likely N-dealkylation sites (tertiary alicyclic amines) is 1. The Kier molecular flexibility index (Phi) is 7.73. The van der Waals surface area contributed by atoms with E-state index in [1.165, 1.54) is 19.3 Å². The van der Waals surface area contributed by atoms with E-state index in [2.05, 4.69) is 32.1 Å². The van der Waals surface area contributed by atoms with Gasteiger partial charge in [-0.25, -0.2) is 13.1 Å². The van der Waals surface area contributed by atoms with Crippen LogP contribution < -0.4 is 10.0 Å². The Hall–Kier alpha value is -1.10. The number of hydrogen-bond donors (Lipinski definition) is 2. The van der Waals surface area contributed by atoms with Gasteiger partial charge in [0, 0.05) is 18.0 Å². The number of sulfonamides is 1. The molecule has 1 aliphatic heterocycles. The predicted molar refractivity (Wildman–Crippen MR) is 107 cm³/mol. The molecule has 27 heavy (non-hydrogen) atoms. The van der Waals surface area contributed by atoms with Gasteiger partial charge in [0.2, 0.25) is 15.4 Å². The maximum atomic E-state index is 12.4. The molecule has 2 N–H and O–H groups in total. The maximum Gasteiger partial charge on any atom is 0.269 e. The molecule has 2 rings (SSSR count). The summed E-state index contributed by atoms with van der Waals surface area (Å²) >= 11 is 0.859. The molecule has 0 spiro atoms. The van der Waals surface area contributed by atoms with Gasteiger partial charge in [0.15, 0.2) is 0 Å². The molecule has 1 atom stereocenters. The second kappa shape index (κ2) is 9.40. The van der Waals surface area contributed by atoms with Crippen molar-refractivity contribution in [3.05, 3.63) is 0 Å². The first kappa shape index (κ1) is 22.2. The molecular formula is C17H31N5O3S2. The molecule has 0 unspecified atom stereocenters. The van der Waals surface area contributed by atoms with Crippen molar-refractivity contribution in [2.75, 3.05) is 25.0 Å². The average molecular weight is 418 g/mol. The molecule has 0 aromatic carbocycles. The van der Waals surface area contributed by atoms with E-state index in [0.717, 1.165) is 37.3 Å². The first-order valence-electron chi connectivity index (χ1n) is 9.52. The van der Waals surface area contributed by atoms with Gasteiger partial charge >= 0.3 is 0 Å². The molecule has 8 nitrogen and oxygen atoms in total. The van der Waals surface area contributed by atoms with Crippen LogP contribution >= 0.6 is 11.3 Å². The quantitative estimate of drug-likeness (QED) is 0.497. The van der Waals surface area contributed by atoms with Gasteiger partial charge in [-0.1, -0.05) is 45.5 Å². The first-order chi connectivity index (χ1) is 12.6. The smallest absolute Gasteiger partial charge is 0.269 e. The Balaban J connectivity index is 1.83. The Morgan fingerprint density at radius 1 is 1.30 bits per heavy atom. The summed E-state index contributed by atoms with van der Waals surface area (Å²) in [7, 11) is -3.71. The van der Waals surface area contributed by atoms with E-state index in [0.29, 0.717) is 12.6 Å². The van der Waals surface area contributed by atoms with Crippen LogP contribution in [-0.2, 0) is 14.8 Å². The van der Waals surface area contributed by atoms with Crippen LogP contribution in [0, 0.1) is 5.41 Å². The van der Waals surface area contributed by atoms with Crippen molar-refractivity contribution >= 4 is 32.4 Å². The third-order valence-electron chi connectivity index (χ3n) is 4.67. The van der Waals surface area contributed by atoms with Crippen LogP contribution in [0.4, 0.5) is 5.13 Å². The lowest BCUT2D eigenvalue weighted by Gasteiger charge is -2.35. The van der Waals surface area contributed by atoms with Crippen molar-refractivity contribution in [2.24, 2.45) is 5.41 Å². The van der Waals surface area contributed by atoms with Gasteiger partial charge in [0.25, 0.3) is 10.0 Å². The van der Waals surface area contributed by atoms with Gasteiger partial charge in [-0.3, -0.25) is 4.79 Å². The van der Waals surface area contributed by atoms with Gasteiger partial charge in [0.1, 0.15) is 0 Å². The van der Waals surface area contributed by atoms with E-state index in [1.807, 2.05) is 0 Å². The Morgan fingerprint density at radius 2 is 2.04 bits per heavy atom. The summed E-state index contributed by atoms with van der Waals surface area (Å²) in [6, 6.07) is 0.618. The molecule has 1 amide bonds. The van der Waals surface area contributed by atoms with Gasteiger partial charge in [-0.15, -0.1) is 10.2 Å². The lowest BCUT2D eigenvalue weighted by atomic mass is 9.96. The summed E-state index contributed by atoms with van der Waals surface area (Å²) in [5.74, 6) is -0.234. The summed E-state index contributed by atoms with van der Waals surface area (Å²) < 4.78 is 27.2. The molecule has 1 aliphatic rings. The standard InChI is InChI=1S/C17H31N5O3S2/c1-5-13-9-6-7-11-22(13)12-8-10-18-27(24,25)16-21-20-15(26-16)19-14(23)17(2,3)4/h13,18H,5-12H2,1-4H3,(H,19,20,23)/t13-/m0/s1. The molecule has 1 aromatic heterocycles. The molecular weight excluding hydrogens is 386 g/mol. The van der Waals surface area contributed by atoms with Gasteiger partial charge in [-0.05, 0) is 38.8 Å². The number of amides is 1. The molecule has 10 heteroatoms. The molecule has 1 saturated heterocycles. The number of hydrogen-bond acceptors (Lipinski definition) is 7. The van der Waals surface area contributed by atoms with Gasteiger partial charge in [-0.2, -0.15) is 0 Å². The Bertz CT molecular complexity index is 727. The number of piperidine rings is 1. The van der Waals surface area contributed by atoms with Crippen molar-refractivity contribution in [3.63, 3.8) is 0 Å². The third kappa shape index (κ3) is 6.48. The number of carbonyl (C=O) groups is 1. The van der Waals surface area contributed by atoms with Gasteiger partial charge in [0.05, 0.1) is 0 Å². The summed E-state index contributed by atoms with van der Waals surface area (Å²) in [6.07, 6.45) is 5.63. The molecule has 0 bridgehead atoms. The SMILES string of the molecule is CC[C@H]1CCCCN1CCCNS(=O)(=O)c1nnc(NC(=O)C(C)(C)C)s1. The largest absolute Gasteiger partial charge is 0.300 e. The van der Waals surface area contributed by atoms with E-state index in [4.69, 9.17) is 0 Å². The number of nitrogens with zero attached hydrogens (tertiary/aromatic N) is 3. The van der Waals surface area contributed by atoms with Crippen molar-refractivity contribution in [1.29, 1.82) is 0 Å². The zero-order valence-corrected chi connectivity index (χ0v) is 18.3. The number of nitrogens with one attached hydrogen (secondary N) is 2. The molecule has 154 valence electrons. The Morgan fingerprint density at radius 3 is 2.70 bits per heavy atom. The minimum Gasteiger partial charge on any atom is -0.300 e. The summed E-state index contributed by atoms with van der Waals surface area (Å²) in [5, 5.41) is 10.3. The van der Waals surface area contributed by atoms with Crippen LogP contribution in [0.25, 0.3) is 0 Å². The van der Waals surface area contributed by atoms with Crippen molar-refractivity contribution < 1.29 is 13.2 Å². The fourth-order valence-electron chi connectivity index (χ4n) is 3.02. The number of anilines is 1. The highest BCUT2D eigenvalue weighted by Gasteiger charge is 2.25. The van der Waals surface area contributed by atoms with E-state index in [1.54, 1.807) is 20.8 Å². The highest BCUT2D eigenvalue weighted by atomic mass is 32.2. The average Bonchev–Trinajstić information content (AvgIpc) is 3.07. The second-order valence-electron chi connectivity index (χ2n) is 7.92. The molecule has 1 fully saturated rings. The molecule has 2 heterocycles. The van der Waals surface area contributed by atoms with Gasteiger partial charge < -0.3 is 10.2 Å². The molecule has 0 saturated carbocycles. The monoisotopic (exact) mass is 417 g/mol. The van der Waals surface area contributed by atoms with E-state index >= 15 is 0 Å². The normalized spacial score (nSPS) is 19.2. The van der Waals surface area contributed by atoms with E-state index < -0.39 is 15.4 Å². The molecule has 0 radical (unpaired) electrons. The van der Waals surface area contributed by atoms with Crippen molar-refractivity contribution in [2.45, 2.75) is 70.2 Å². The fourth-order valence-corrected chi connectivity index (χ4v) is 5.03. The number of aromatic nitrogens is 2. The van der Waals surface area contributed by atoms with E-state index in [-0.39, 0.29) is 15.4 Å². The Labute approximate surface area is 166 Å². The predicted octanol–water partition coefficient (Wildman–Crippen LogP) is 2.46. The maximum absolute atomic E-state index is 12.4. The van der Waals surface area contributed by atoms with E-state index in [9.17, 15) is 13.2 Å². The summed E-state index contributed by atoms with van der Waals surface area (Å²) in [4.78, 5) is 14.4. The minimum atomic E-state index is -3.71. The van der Waals surface area contributed by atoms with Crippen LogP contribution in [0.2, 0.25) is 0 Å². The highest BCUT2D eigenvalue weighted by Crippen LogP contribution is 2.23.